The summed E-state index contributed by atoms with van der Waals surface area (Å²) in [5.41, 5.74) is 4.67. The van der Waals surface area contributed by atoms with Crippen LogP contribution in [0, 0.1) is 5.92 Å². The average molecular weight is 299 g/mol. The maximum atomic E-state index is 11.9. The molecule has 0 radical (unpaired) electrons. The van der Waals surface area contributed by atoms with E-state index in [1.165, 1.54) is 23.8 Å². The molecule has 1 aliphatic rings. The second-order valence-electron chi connectivity index (χ2n) is 6.07. The third kappa shape index (κ3) is 2.71. The largest absolute Gasteiger partial charge is 0.399 e. The molecule has 1 amide bonds. The lowest BCUT2D eigenvalue weighted by Gasteiger charge is -2.14. The Hall–Kier alpha value is -2.30. The maximum absolute atomic E-state index is 11.9. The van der Waals surface area contributed by atoms with Gasteiger partial charge in [-0.2, -0.15) is 0 Å². The molecule has 3 rings (SSSR count). The topological polar surface area (TPSA) is 66.5 Å². The van der Waals surface area contributed by atoms with Crippen LogP contribution in [0.5, 0.6) is 0 Å². The number of amides is 1. The van der Waals surface area contributed by atoms with Gasteiger partial charge in [0, 0.05) is 35.0 Å². The van der Waals surface area contributed by atoms with Crippen molar-refractivity contribution in [3.05, 3.63) is 35.0 Å². The molecule has 22 heavy (non-hydrogen) atoms. The van der Waals surface area contributed by atoms with Gasteiger partial charge in [-0.15, -0.1) is 0 Å². The van der Waals surface area contributed by atoms with Crippen molar-refractivity contribution in [2.75, 3.05) is 7.11 Å². The lowest BCUT2D eigenvalue weighted by Crippen LogP contribution is -2.37. The molecule has 2 aromatic rings. The Morgan fingerprint density at radius 2 is 2.27 bits per heavy atom. The van der Waals surface area contributed by atoms with Crippen LogP contribution in [0.25, 0.3) is 10.9 Å². The predicted octanol–water partition coefficient (Wildman–Crippen LogP) is 2.39. The van der Waals surface area contributed by atoms with Gasteiger partial charge in [-0.3, -0.25) is 4.79 Å². The fourth-order valence-electron chi connectivity index (χ4n) is 2.96. The summed E-state index contributed by atoms with van der Waals surface area (Å²) in [6.45, 7) is 3.83. The fourth-order valence-corrected chi connectivity index (χ4v) is 2.96. The van der Waals surface area contributed by atoms with E-state index in [0.29, 0.717) is 0 Å². The van der Waals surface area contributed by atoms with E-state index in [-0.39, 0.29) is 17.9 Å². The van der Waals surface area contributed by atoms with Crippen LogP contribution in [0.3, 0.4) is 0 Å². The van der Waals surface area contributed by atoms with Crippen molar-refractivity contribution in [2.24, 2.45) is 11.1 Å². The maximum Gasteiger partial charge on any atom is 0.222 e. The summed E-state index contributed by atoms with van der Waals surface area (Å²) in [6, 6.07) is 6.37. The van der Waals surface area contributed by atoms with E-state index in [2.05, 4.69) is 27.6 Å². The van der Waals surface area contributed by atoms with Crippen molar-refractivity contribution in [1.29, 1.82) is 0 Å². The van der Waals surface area contributed by atoms with Crippen molar-refractivity contribution in [2.45, 2.75) is 32.7 Å². The lowest BCUT2D eigenvalue weighted by molar-refractivity contribution is -0.124. The Balaban J connectivity index is 1.84. The minimum atomic E-state index is 0.0209. The highest BCUT2D eigenvalue weighted by Gasteiger charge is 2.27. The van der Waals surface area contributed by atoms with E-state index in [4.69, 9.17) is 4.84 Å². The van der Waals surface area contributed by atoms with Crippen LogP contribution < -0.4 is 5.32 Å². The number of carbonyl (C=O) groups is 1. The molecule has 1 atom stereocenters. The molecule has 5 heteroatoms. The first-order chi connectivity index (χ1) is 10.6. The highest BCUT2D eigenvalue weighted by molar-refractivity contribution is 5.92. The summed E-state index contributed by atoms with van der Waals surface area (Å²) in [4.78, 5) is 20.0. The predicted molar refractivity (Wildman–Crippen MR) is 87.1 cm³/mol. The summed E-state index contributed by atoms with van der Waals surface area (Å²) in [5, 5.41) is 8.13. The van der Waals surface area contributed by atoms with E-state index in [1.807, 2.05) is 19.9 Å². The number of hydrogen-bond acceptors (Lipinski definition) is 3. The molecule has 0 saturated heterocycles. The van der Waals surface area contributed by atoms with Crippen LogP contribution in [-0.2, 0) is 22.5 Å². The molecule has 5 nitrogen and oxygen atoms in total. The summed E-state index contributed by atoms with van der Waals surface area (Å²) in [5.74, 6) is 0.139. The van der Waals surface area contributed by atoms with Gasteiger partial charge >= 0.3 is 0 Å². The number of carbonyl (C=O) groups excluding carboxylic acids is 1. The molecular weight excluding hydrogens is 278 g/mol. The van der Waals surface area contributed by atoms with Crippen LogP contribution in [0.4, 0.5) is 0 Å². The van der Waals surface area contributed by atoms with Crippen LogP contribution in [0.1, 0.15) is 30.7 Å². The Labute approximate surface area is 129 Å². The first-order valence-electron chi connectivity index (χ1n) is 7.59. The number of fused-ring (bicyclic) bond motifs is 3. The number of oxime groups is 1. The molecule has 116 valence electrons. The number of hydrogen-bond donors (Lipinski definition) is 2. The summed E-state index contributed by atoms with van der Waals surface area (Å²) in [6.07, 6.45) is 3.44. The van der Waals surface area contributed by atoms with Crippen molar-refractivity contribution in [1.82, 2.24) is 10.3 Å². The van der Waals surface area contributed by atoms with Gasteiger partial charge in [0.05, 0.1) is 6.21 Å². The Morgan fingerprint density at radius 3 is 3.00 bits per heavy atom. The number of aromatic amines is 1. The van der Waals surface area contributed by atoms with Gasteiger partial charge in [0.25, 0.3) is 0 Å². The van der Waals surface area contributed by atoms with Crippen LogP contribution >= 0.6 is 0 Å². The lowest BCUT2D eigenvalue weighted by atomic mass is 10.1. The van der Waals surface area contributed by atoms with Crippen molar-refractivity contribution in [3.8, 4) is 0 Å². The molecule has 0 aliphatic heterocycles. The zero-order valence-corrected chi connectivity index (χ0v) is 13.1. The number of benzene rings is 1. The van der Waals surface area contributed by atoms with Gasteiger partial charge in [-0.25, -0.2) is 0 Å². The van der Waals surface area contributed by atoms with Crippen LogP contribution in [0.15, 0.2) is 23.4 Å². The number of nitrogens with one attached hydrogen (secondary N) is 2. The second kappa shape index (κ2) is 5.83. The summed E-state index contributed by atoms with van der Waals surface area (Å²) < 4.78 is 0. The highest BCUT2D eigenvalue weighted by atomic mass is 16.6. The van der Waals surface area contributed by atoms with Crippen molar-refractivity contribution < 1.29 is 9.63 Å². The Bertz CT molecular complexity index is 731. The summed E-state index contributed by atoms with van der Waals surface area (Å²) >= 11 is 0. The smallest absolute Gasteiger partial charge is 0.222 e. The van der Waals surface area contributed by atoms with Gasteiger partial charge in [-0.05, 0) is 29.7 Å². The molecule has 1 unspecified atom stereocenters. The molecule has 2 N–H and O–H groups in total. The molecule has 1 aliphatic carbocycles. The number of H-pyrrole nitrogens is 1. The standard InChI is InChI=1S/C17H21N3O2/c1-10(2)17(21)19-12-7-14-13-6-11(9-18-22-3)4-5-15(13)20-16(14)8-12/h4-6,9-10,12,20H,7-8H2,1-3H3,(H,19,21). The van der Waals surface area contributed by atoms with Gasteiger partial charge in [0.15, 0.2) is 0 Å². The molecule has 0 saturated carbocycles. The number of nitrogens with zero attached hydrogens (tertiary/aromatic N) is 1. The van der Waals surface area contributed by atoms with E-state index in [1.54, 1.807) is 6.21 Å². The fraction of sp³-hybridized carbons (Fsp3) is 0.412. The van der Waals surface area contributed by atoms with Crippen molar-refractivity contribution in [3.63, 3.8) is 0 Å². The average Bonchev–Trinajstić information content (AvgIpc) is 3.02. The minimum absolute atomic E-state index is 0.0209. The molecule has 0 bridgehead atoms. The summed E-state index contributed by atoms with van der Waals surface area (Å²) in [7, 11) is 1.53. The van der Waals surface area contributed by atoms with E-state index < -0.39 is 0 Å². The molecule has 0 spiro atoms. The normalized spacial score (nSPS) is 17.4. The van der Waals surface area contributed by atoms with Crippen LogP contribution in [0.2, 0.25) is 0 Å². The van der Waals surface area contributed by atoms with Gasteiger partial charge in [0.1, 0.15) is 7.11 Å². The van der Waals surface area contributed by atoms with E-state index >= 15 is 0 Å². The van der Waals surface area contributed by atoms with E-state index in [0.717, 1.165) is 23.9 Å². The quantitative estimate of drug-likeness (QED) is 0.672. The van der Waals surface area contributed by atoms with Gasteiger partial charge in [-0.1, -0.05) is 25.1 Å². The zero-order chi connectivity index (χ0) is 15.7. The highest BCUT2D eigenvalue weighted by Crippen LogP contribution is 2.30. The van der Waals surface area contributed by atoms with E-state index in [9.17, 15) is 4.79 Å². The Kier molecular flexibility index (Phi) is 3.88. The van der Waals surface area contributed by atoms with Gasteiger partial charge < -0.3 is 15.1 Å². The third-order valence-electron chi connectivity index (χ3n) is 4.10. The second-order valence-corrected chi connectivity index (χ2v) is 6.07. The first kappa shape index (κ1) is 14.6. The van der Waals surface area contributed by atoms with Crippen LogP contribution in [-0.4, -0.2) is 30.3 Å². The number of rotatable bonds is 4. The number of aromatic nitrogens is 1. The molecule has 1 aromatic carbocycles. The zero-order valence-electron chi connectivity index (χ0n) is 13.1. The van der Waals surface area contributed by atoms with Gasteiger partial charge in [0.2, 0.25) is 5.91 Å². The third-order valence-corrected chi connectivity index (χ3v) is 4.10. The Morgan fingerprint density at radius 1 is 1.45 bits per heavy atom. The molecular formula is C17H21N3O2. The molecule has 1 aromatic heterocycles. The van der Waals surface area contributed by atoms with Crippen molar-refractivity contribution >= 4 is 23.0 Å². The minimum Gasteiger partial charge on any atom is -0.399 e. The molecule has 1 heterocycles. The molecule has 0 fully saturated rings. The SMILES string of the molecule is CON=Cc1ccc2[nH]c3c(c2c1)CC(NC(=O)C(C)C)C3. The monoisotopic (exact) mass is 299 g/mol. The first-order valence-corrected chi connectivity index (χ1v) is 7.59.